The van der Waals surface area contributed by atoms with Crippen molar-refractivity contribution in [1.82, 2.24) is 20.2 Å². The van der Waals surface area contributed by atoms with Crippen LogP contribution in [0, 0.1) is 0 Å². The molecule has 104 valence electrons. The maximum Gasteiger partial charge on any atom is 0.326 e. The van der Waals surface area contributed by atoms with E-state index >= 15 is 0 Å². The van der Waals surface area contributed by atoms with E-state index in [-0.39, 0.29) is 18.9 Å². The Labute approximate surface area is 109 Å². The highest BCUT2D eigenvalue weighted by molar-refractivity contribution is 5.87. The number of nitrogens with one attached hydrogen (secondary N) is 2. The molecule has 0 aliphatic carbocycles. The van der Waals surface area contributed by atoms with Crippen molar-refractivity contribution in [3.8, 4) is 0 Å². The zero-order valence-electron chi connectivity index (χ0n) is 10.7. The van der Waals surface area contributed by atoms with Crippen molar-refractivity contribution in [3.63, 3.8) is 0 Å². The van der Waals surface area contributed by atoms with Crippen LogP contribution < -0.4 is 5.32 Å². The molecule has 0 saturated heterocycles. The number of rotatable bonds is 6. The molecule has 0 saturated carbocycles. The molecule has 1 aromatic rings. The third-order valence-electron chi connectivity index (χ3n) is 2.53. The second-order valence-electron chi connectivity index (χ2n) is 4.11. The lowest BCUT2D eigenvalue weighted by molar-refractivity contribution is -0.142. The first-order valence-corrected chi connectivity index (χ1v) is 5.61. The van der Waals surface area contributed by atoms with Crippen molar-refractivity contribution in [2.75, 3.05) is 13.6 Å². The quantitative estimate of drug-likeness (QED) is 0.612. The molecular weight excluding hydrogens is 252 g/mol. The average Bonchev–Trinajstić information content (AvgIpc) is 2.80. The predicted octanol–water partition coefficient (Wildman–Crippen LogP) is -1.00. The number of likely N-dealkylation sites (N-methyl/N-ethyl adjacent to an activating group) is 1. The lowest BCUT2D eigenvalue weighted by Crippen LogP contribution is -2.46. The minimum Gasteiger partial charge on any atom is -0.480 e. The molecule has 0 bridgehead atoms. The number of carbonyl (C=O) groups is 3. The molecule has 3 N–H and O–H groups in total. The van der Waals surface area contributed by atoms with Crippen LogP contribution in [0.5, 0.6) is 0 Å². The number of hydrogen-bond acceptors (Lipinski definition) is 4. The Bertz CT molecular complexity index is 457. The molecule has 0 fully saturated rings. The summed E-state index contributed by atoms with van der Waals surface area (Å²) in [4.78, 5) is 41.4. The van der Waals surface area contributed by atoms with E-state index in [0.717, 1.165) is 0 Å². The first-order valence-electron chi connectivity index (χ1n) is 5.61. The molecule has 2 amide bonds. The summed E-state index contributed by atoms with van der Waals surface area (Å²) in [5, 5.41) is 11.4. The van der Waals surface area contributed by atoms with Gasteiger partial charge in [0.1, 0.15) is 6.04 Å². The lowest BCUT2D eigenvalue weighted by atomic mass is 10.1. The van der Waals surface area contributed by atoms with Crippen LogP contribution in [0.15, 0.2) is 12.5 Å². The Balaban J connectivity index is 2.56. The van der Waals surface area contributed by atoms with Gasteiger partial charge in [-0.15, -0.1) is 0 Å². The van der Waals surface area contributed by atoms with Crippen molar-refractivity contribution in [2.45, 2.75) is 19.4 Å². The molecule has 8 nitrogen and oxygen atoms in total. The molecule has 1 atom stereocenters. The van der Waals surface area contributed by atoms with Crippen LogP contribution in [-0.2, 0) is 20.8 Å². The van der Waals surface area contributed by atoms with Gasteiger partial charge in [-0.05, 0) is 0 Å². The molecule has 1 heterocycles. The van der Waals surface area contributed by atoms with Gasteiger partial charge in [0, 0.05) is 32.3 Å². The maximum absolute atomic E-state index is 11.6. The number of carboxylic acids is 1. The molecule has 0 aliphatic heterocycles. The summed E-state index contributed by atoms with van der Waals surface area (Å²) in [6, 6.07) is -1.06. The molecule has 1 rings (SSSR count). The van der Waals surface area contributed by atoms with Gasteiger partial charge in [-0.3, -0.25) is 9.59 Å². The number of imidazole rings is 1. The maximum atomic E-state index is 11.6. The summed E-state index contributed by atoms with van der Waals surface area (Å²) in [7, 11) is 1.46. The fourth-order valence-electron chi connectivity index (χ4n) is 1.38. The Hall–Kier alpha value is -2.38. The van der Waals surface area contributed by atoms with E-state index in [2.05, 4.69) is 15.3 Å². The zero-order valence-corrected chi connectivity index (χ0v) is 10.7. The topological polar surface area (TPSA) is 115 Å². The second-order valence-corrected chi connectivity index (χ2v) is 4.11. The van der Waals surface area contributed by atoms with Gasteiger partial charge in [0.25, 0.3) is 0 Å². The second kappa shape index (κ2) is 6.53. The number of hydrogen-bond donors (Lipinski definition) is 3. The largest absolute Gasteiger partial charge is 0.480 e. The van der Waals surface area contributed by atoms with E-state index in [0.29, 0.717) is 5.69 Å². The van der Waals surface area contributed by atoms with Gasteiger partial charge >= 0.3 is 5.97 Å². The van der Waals surface area contributed by atoms with Crippen molar-refractivity contribution in [1.29, 1.82) is 0 Å². The molecule has 0 unspecified atom stereocenters. The number of aromatic nitrogens is 2. The van der Waals surface area contributed by atoms with Gasteiger partial charge < -0.3 is 20.3 Å². The van der Waals surface area contributed by atoms with Crippen LogP contribution in [0.25, 0.3) is 0 Å². The number of aliphatic carboxylic acids is 1. The molecule has 0 radical (unpaired) electrons. The molecule has 0 aliphatic rings. The number of carboxylic acid groups (broad SMARTS) is 1. The average molecular weight is 268 g/mol. The summed E-state index contributed by atoms with van der Waals surface area (Å²) >= 11 is 0. The first-order chi connectivity index (χ1) is 8.90. The van der Waals surface area contributed by atoms with Gasteiger partial charge in [0.15, 0.2) is 0 Å². The molecule has 19 heavy (non-hydrogen) atoms. The third-order valence-corrected chi connectivity index (χ3v) is 2.53. The summed E-state index contributed by atoms with van der Waals surface area (Å²) in [5.41, 5.74) is 0.604. The minimum atomic E-state index is -1.14. The van der Waals surface area contributed by atoms with Crippen molar-refractivity contribution in [2.24, 2.45) is 0 Å². The van der Waals surface area contributed by atoms with Crippen LogP contribution >= 0.6 is 0 Å². The minimum absolute atomic E-state index is 0.102. The number of aromatic amines is 1. The smallest absolute Gasteiger partial charge is 0.326 e. The fourth-order valence-corrected chi connectivity index (χ4v) is 1.38. The van der Waals surface area contributed by atoms with Crippen molar-refractivity contribution in [3.05, 3.63) is 18.2 Å². The molecule has 0 spiro atoms. The molecular formula is C11H16N4O4. The molecule has 1 aromatic heterocycles. The van der Waals surface area contributed by atoms with Crippen molar-refractivity contribution < 1.29 is 19.5 Å². The lowest BCUT2D eigenvalue weighted by Gasteiger charge is -2.17. The normalized spacial score (nSPS) is 11.7. The SMILES string of the molecule is CC(=O)N(C)CC(=O)N[C@H](Cc1cnc[nH]1)C(=O)O. The summed E-state index contributed by atoms with van der Waals surface area (Å²) < 4.78 is 0. The van der Waals surface area contributed by atoms with Gasteiger partial charge in [-0.25, -0.2) is 9.78 Å². The van der Waals surface area contributed by atoms with Crippen LogP contribution in [0.1, 0.15) is 12.6 Å². The van der Waals surface area contributed by atoms with E-state index in [9.17, 15) is 14.4 Å². The summed E-state index contributed by atoms with van der Waals surface area (Å²) in [6.45, 7) is 1.15. The fraction of sp³-hybridized carbons (Fsp3) is 0.455. The highest BCUT2D eigenvalue weighted by atomic mass is 16.4. The van der Waals surface area contributed by atoms with Crippen LogP contribution in [0.4, 0.5) is 0 Å². The standard InChI is InChI=1S/C11H16N4O4/c1-7(16)15(2)5-10(17)14-9(11(18)19)3-8-4-12-6-13-8/h4,6,9H,3,5H2,1-2H3,(H,12,13)(H,14,17)(H,18,19)/t9-/m1/s1. The van der Waals surface area contributed by atoms with Gasteiger partial charge in [-0.2, -0.15) is 0 Å². The van der Waals surface area contributed by atoms with E-state index in [1.165, 1.54) is 31.4 Å². The van der Waals surface area contributed by atoms with Crippen LogP contribution in [0.2, 0.25) is 0 Å². The van der Waals surface area contributed by atoms with E-state index < -0.39 is 17.9 Å². The van der Waals surface area contributed by atoms with E-state index in [1.54, 1.807) is 0 Å². The molecule has 8 heteroatoms. The zero-order chi connectivity index (χ0) is 14.4. The highest BCUT2D eigenvalue weighted by Gasteiger charge is 2.21. The summed E-state index contributed by atoms with van der Waals surface area (Å²) in [5.74, 6) is -1.94. The summed E-state index contributed by atoms with van der Waals surface area (Å²) in [6.07, 6.45) is 3.02. The number of nitrogens with zero attached hydrogens (tertiary/aromatic N) is 2. The third kappa shape index (κ3) is 4.78. The number of carbonyl (C=O) groups excluding carboxylic acids is 2. The Morgan fingerprint density at radius 1 is 1.53 bits per heavy atom. The number of H-pyrrole nitrogens is 1. The van der Waals surface area contributed by atoms with Crippen LogP contribution in [-0.4, -0.2) is 57.4 Å². The highest BCUT2D eigenvalue weighted by Crippen LogP contribution is 1.99. The Morgan fingerprint density at radius 3 is 2.68 bits per heavy atom. The van der Waals surface area contributed by atoms with Gasteiger partial charge in [0.2, 0.25) is 11.8 Å². The van der Waals surface area contributed by atoms with E-state index in [4.69, 9.17) is 5.11 Å². The predicted molar refractivity (Wildman–Crippen MR) is 65.2 cm³/mol. The monoisotopic (exact) mass is 268 g/mol. The first kappa shape index (κ1) is 14.7. The Kier molecular flexibility index (Phi) is 5.04. The van der Waals surface area contributed by atoms with Crippen molar-refractivity contribution >= 4 is 17.8 Å². The Morgan fingerprint density at radius 2 is 2.21 bits per heavy atom. The number of amides is 2. The van der Waals surface area contributed by atoms with Gasteiger partial charge in [-0.1, -0.05) is 0 Å². The molecule has 0 aromatic carbocycles. The van der Waals surface area contributed by atoms with E-state index in [1.807, 2.05) is 0 Å². The van der Waals surface area contributed by atoms with Crippen LogP contribution in [0.3, 0.4) is 0 Å². The van der Waals surface area contributed by atoms with Gasteiger partial charge in [0.05, 0.1) is 12.9 Å².